The molecule has 1 aliphatic heterocycles. The van der Waals surface area contributed by atoms with Crippen LogP contribution in [0, 0.1) is 0 Å². The van der Waals surface area contributed by atoms with Crippen LogP contribution in [0.3, 0.4) is 0 Å². The highest BCUT2D eigenvalue weighted by atomic mass is 32.2. The molecule has 2 aromatic carbocycles. The molecule has 188 valence electrons. The normalized spacial score (nSPS) is 18.3. The average Bonchev–Trinajstić information content (AvgIpc) is 3.27. The number of rotatable bonds is 10. The number of benzene rings is 2. The second-order valence-electron chi connectivity index (χ2n) is 9.34. The van der Waals surface area contributed by atoms with Gasteiger partial charge in [0.2, 0.25) is 0 Å². The number of fused-ring (bicyclic) bond motifs is 1. The third-order valence-electron chi connectivity index (χ3n) is 6.77. The molecule has 8 nitrogen and oxygen atoms in total. The first-order valence-corrected chi connectivity index (χ1v) is 13.9. The first kappa shape index (κ1) is 25.3. The third kappa shape index (κ3) is 6.09. The predicted molar refractivity (Wildman–Crippen MR) is 134 cm³/mol. The number of sulfone groups is 1. The van der Waals surface area contributed by atoms with Crippen molar-refractivity contribution < 1.29 is 22.8 Å². The second-order valence-corrected chi connectivity index (χ2v) is 11.8. The van der Waals surface area contributed by atoms with Gasteiger partial charge in [-0.25, -0.2) is 18.7 Å². The van der Waals surface area contributed by atoms with Crippen molar-refractivity contribution in [3.8, 4) is 0 Å². The largest absolute Gasteiger partial charge is 0.350 e. The van der Waals surface area contributed by atoms with Crippen LogP contribution in [0.4, 0.5) is 0 Å². The summed E-state index contributed by atoms with van der Waals surface area (Å²) in [5.41, 5.74) is 5.73. The van der Waals surface area contributed by atoms with Crippen LogP contribution in [-0.4, -0.2) is 48.0 Å². The number of carbonyl (C=O) groups is 1. The Morgan fingerprint density at radius 2 is 1.94 bits per heavy atom. The molecule has 1 aliphatic rings. The van der Waals surface area contributed by atoms with Gasteiger partial charge in [0.15, 0.2) is 20.9 Å². The fraction of sp³-hybridized carbons (Fsp3) is 0.462. The minimum atomic E-state index is -3.74. The van der Waals surface area contributed by atoms with Crippen LogP contribution < -0.4 is 5.48 Å². The van der Waals surface area contributed by atoms with Gasteiger partial charge in [0, 0.05) is 31.2 Å². The van der Waals surface area contributed by atoms with E-state index in [2.05, 4.69) is 34.8 Å². The van der Waals surface area contributed by atoms with Gasteiger partial charge in [-0.1, -0.05) is 36.4 Å². The summed E-state index contributed by atoms with van der Waals surface area (Å²) in [5, 5.41) is 5.44. The van der Waals surface area contributed by atoms with E-state index in [0.29, 0.717) is 13.0 Å². The first-order valence-electron chi connectivity index (χ1n) is 12.0. The number of hydrogen-bond donors (Lipinski definition) is 1. The van der Waals surface area contributed by atoms with Gasteiger partial charge in [-0.2, -0.15) is 5.10 Å². The highest BCUT2D eigenvalue weighted by Gasteiger charge is 2.44. The number of amides is 1. The molecule has 1 fully saturated rings. The van der Waals surface area contributed by atoms with Crippen molar-refractivity contribution in [2.45, 2.75) is 63.0 Å². The maximum atomic E-state index is 12.9. The highest BCUT2D eigenvalue weighted by molar-refractivity contribution is 7.92. The van der Waals surface area contributed by atoms with Gasteiger partial charge in [-0.05, 0) is 62.3 Å². The number of ether oxygens (including phenoxy) is 1. The highest BCUT2D eigenvalue weighted by Crippen LogP contribution is 2.25. The lowest BCUT2D eigenvalue weighted by Crippen LogP contribution is -2.51. The minimum Gasteiger partial charge on any atom is -0.350 e. The van der Waals surface area contributed by atoms with Gasteiger partial charge in [-0.15, -0.1) is 0 Å². The molecular formula is C26H33N3O5S. The Morgan fingerprint density at radius 1 is 1.17 bits per heavy atom. The van der Waals surface area contributed by atoms with E-state index in [1.165, 1.54) is 18.1 Å². The molecule has 0 saturated carbocycles. The molecule has 3 aromatic rings. The topological polar surface area (TPSA) is 99.5 Å². The third-order valence-corrected chi connectivity index (χ3v) is 8.80. The van der Waals surface area contributed by atoms with Crippen LogP contribution in [0.2, 0.25) is 0 Å². The Morgan fingerprint density at radius 3 is 2.66 bits per heavy atom. The van der Waals surface area contributed by atoms with E-state index in [1.807, 2.05) is 24.3 Å². The van der Waals surface area contributed by atoms with Gasteiger partial charge in [0.05, 0.1) is 11.7 Å². The van der Waals surface area contributed by atoms with Crippen molar-refractivity contribution in [3.05, 3.63) is 65.9 Å². The monoisotopic (exact) mass is 499 g/mol. The Labute approximate surface area is 206 Å². The standard InChI is InChI=1S/C26H33N3O5S/c1-26(35(2,31)32,25(30)28-34-24-10-6-7-17-33-24)15-16-29-23-14-13-21(18-22(23)19-27-29)12-11-20-8-4-3-5-9-20/h3-5,8-9,13-14,18-19,24H,6-7,10-12,15-17H2,1-2H3,(H,28,30). The number of hydroxylamine groups is 1. The summed E-state index contributed by atoms with van der Waals surface area (Å²) in [5.74, 6) is -0.700. The Balaban J connectivity index is 1.42. The molecule has 2 heterocycles. The first-order chi connectivity index (χ1) is 16.8. The van der Waals surface area contributed by atoms with Crippen LogP contribution in [-0.2, 0) is 43.6 Å². The van der Waals surface area contributed by atoms with Gasteiger partial charge in [0.25, 0.3) is 5.91 Å². The summed E-state index contributed by atoms with van der Waals surface area (Å²) in [4.78, 5) is 18.3. The van der Waals surface area contributed by atoms with Crippen molar-refractivity contribution in [2.75, 3.05) is 12.9 Å². The fourth-order valence-electron chi connectivity index (χ4n) is 4.22. The van der Waals surface area contributed by atoms with E-state index in [4.69, 9.17) is 9.57 Å². The summed E-state index contributed by atoms with van der Waals surface area (Å²) < 4.78 is 30.8. The molecule has 1 saturated heterocycles. The van der Waals surface area contributed by atoms with Crippen molar-refractivity contribution in [1.29, 1.82) is 0 Å². The van der Waals surface area contributed by atoms with E-state index < -0.39 is 26.8 Å². The lowest BCUT2D eigenvalue weighted by molar-refractivity contribution is -0.201. The zero-order valence-electron chi connectivity index (χ0n) is 20.3. The maximum Gasteiger partial charge on any atom is 0.264 e. The number of nitrogens with zero attached hydrogens (tertiary/aromatic N) is 2. The van der Waals surface area contributed by atoms with Crippen molar-refractivity contribution >= 4 is 26.6 Å². The second kappa shape index (κ2) is 10.9. The maximum absolute atomic E-state index is 12.9. The van der Waals surface area contributed by atoms with Crippen LogP contribution in [0.1, 0.15) is 43.7 Å². The summed E-state index contributed by atoms with van der Waals surface area (Å²) in [6, 6.07) is 16.5. The summed E-state index contributed by atoms with van der Waals surface area (Å²) in [6.07, 6.45) is 6.76. The molecule has 0 radical (unpaired) electrons. The predicted octanol–water partition coefficient (Wildman–Crippen LogP) is 3.59. The molecule has 1 N–H and O–H groups in total. The van der Waals surface area contributed by atoms with Crippen LogP contribution >= 0.6 is 0 Å². The van der Waals surface area contributed by atoms with E-state index in [1.54, 1.807) is 10.9 Å². The number of nitrogens with one attached hydrogen (secondary N) is 1. The lowest BCUT2D eigenvalue weighted by atomic mass is 10.0. The molecule has 0 bridgehead atoms. The van der Waals surface area contributed by atoms with Gasteiger partial charge < -0.3 is 4.74 Å². The molecule has 0 spiro atoms. The van der Waals surface area contributed by atoms with Crippen LogP contribution in [0.25, 0.3) is 10.9 Å². The molecule has 35 heavy (non-hydrogen) atoms. The molecular weight excluding hydrogens is 466 g/mol. The summed E-state index contributed by atoms with van der Waals surface area (Å²) >= 11 is 0. The molecule has 9 heteroatoms. The van der Waals surface area contributed by atoms with E-state index in [0.717, 1.165) is 42.8 Å². The Kier molecular flexibility index (Phi) is 7.88. The fourth-order valence-corrected chi connectivity index (χ4v) is 5.06. The van der Waals surface area contributed by atoms with Crippen molar-refractivity contribution in [3.63, 3.8) is 0 Å². The lowest BCUT2D eigenvalue weighted by Gasteiger charge is -2.28. The number of aromatic nitrogens is 2. The van der Waals surface area contributed by atoms with E-state index >= 15 is 0 Å². The molecule has 1 amide bonds. The van der Waals surface area contributed by atoms with Crippen LogP contribution in [0.5, 0.6) is 0 Å². The zero-order chi connectivity index (χ0) is 24.9. The molecule has 0 aliphatic carbocycles. The summed E-state index contributed by atoms with van der Waals surface area (Å²) in [7, 11) is -3.74. The average molecular weight is 500 g/mol. The van der Waals surface area contributed by atoms with E-state index in [-0.39, 0.29) is 13.0 Å². The number of carbonyl (C=O) groups excluding carboxylic acids is 1. The van der Waals surface area contributed by atoms with Gasteiger partial charge in [0.1, 0.15) is 0 Å². The van der Waals surface area contributed by atoms with Crippen molar-refractivity contribution in [2.24, 2.45) is 0 Å². The Bertz CT molecular complexity index is 1250. The van der Waals surface area contributed by atoms with Crippen molar-refractivity contribution in [1.82, 2.24) is 15.3 Å². The minimum absolute atomic E-state index is 0.0547. The summed E-state index contributed by atoms with van der Waals surface area (Å²) in [6.45, 7) is 2.25. The Hall–Kier alpha value is -2.75. The molecule has 2 unspecified atom stereocenters. The van der Waals surface area contributed by atoms with Gasteiger partial charge >= 0.3 is 0 Å². The van der Waals surface area contributed by atoms with Gasteiger partial charge in [-0.3, -0.25) is 9.48 Å². The van der Waals surface area contributed by atoms with E-state index in [9.17, 15) is 13.2 Å². The molecule has 4 rings (SSSR count). The quantitative estimate of drug-likeness (QED) is 0.428. The zero-order valence-corrected chi connectivity index (χ0v) is 21.1. The SMILES string of the molecule is CC(CCn1ncc2cc(CCc3ccccc3)ccc21)(C(=O)NOC1CCCCO1)S(C)(=O)=O. The molecule has 1 aromatic heterocycles. The smallest absolute Gasteiger partial charge is 0.264 e. The number of aryl methyl sites for hydroxylation is 3. The van der Waals surface area contributed by atoms with Crippen LogP contribution in [0.15, 0.2) is 54.7 Å². The molecule has 2 atom stereocenters. The number of hydrogen-bond acceptors (Lipinski definition) is 6.